The van der Waals surface area contributed by atoms with Crippen LogP contribution in [0.15, 0.2) is 37.1 Å². The number of piperidine rings is 1. The minimum atomic E-state index is -0.516. The molecule has 1 amide bonds. The van der Waals surface area contributed by atoms with Crippen molar-refractivity contribution in [3.05, 3.63) is 54.0 Å². The van der Waals surface area contributed by atoms with Crippen LogP contribution in [0.3, 0.4) is 0 Å². The molecule has 2 aliphatic rings. The number of rotatable bonds is 5. The van der Waals surface area contributed by atoms with Gasteiger partial charge in [-0.2, -0.15) is 4.98 Å². The van der Waals surface area contributed by atoms with E-state index in [-0.39, 0.29) is 17.8 Å². The number of amides is 1. The predicted octanol–water partition coefficient (Wildman–Crippen LogP) is 2.59. The lowest BCUT2D eigenvalue weighted by Gasteiger charge is -2.32. The topological polar surface area (TPSA) is 82.2 Å². The van der Waals surface area contributed by atoms with Crippen LogP contribution >= 0.6 is 0 Å². The van der Waals surface area contributed by atoms with Crippen molar-refractivity contribution in [2.24, 2.45) is 0 Å². The minimum Gasteiger partial charge on any atom is -0.363 e. The molecule has 0 saturated carbocycles. The van der Waals surface area contributed by atoms with Gasteiger partial charge in [-0.05, 0) is 55.1 Å². The van der Waals surface area contributed by atoms with Crippen LogP contribution in [0.5, 0.6) is 0 Å². The van der Waals surface area contributed by atoms with Gasteiger partial charge in [0.2, 0.25) is 11.9 Å². The number of hydrogen-bond donors (Lipinski definition) is 3. The second-order valence-corrected chi connectivity index (χ2v) is 7.40. The van der Waals surface area contributed by atoms with Crippen molar-refractivity contribution in [1.82, 2.24) is 20.2 Å². The number of nitrogens with zero attached hydrogens (tertiary/aromatic N) is 3. The molecular weight excluding hydrogens is 371 g/mol. The summed E-state index contributed by atoms with van der Waals surface area (Å²) in [5, 5.41) is 9.65. The Labute approximate surface area is 169 Å². The number of nitrogens with one attached hydrogen (secondary N) is 3. The van der Waals surface area contributed by atoms with Crippen molar-refractivity contribution in [3.63, 3.8) is 0 Å². The molecule has 1 unspecified atom stereocenters. The number of anilines is 3. The molecule has 4 rings (SSSR count). The Bertz CT molecular complexity index is 918. The summed E-state index contributed by atoms with van der Waals surface area (Å²) in [4.78, 5) is 22.0. The summed E-state index contributed by atoms with van der Waals surface area (Å²) in [6, 6.07) is 6.10. The average Bonchev–Trinajstić information content (AvgIpc) is 2.75. The van der Waals surface area contributed by atoms with Crippen molar-refractivity contribution in [3.8, 4) is 0 Å². The van der Waals surface area contributed by atoms with E-state index in [9.17, 15) is 9.18 Å². The van der Waals surface area contributed by atoms with E-state index < -0.39 is 5.82 Å². The van der Waals surface area contributed by atoms with Gasteiger partial charge >= 0.3 is 0 Å². The van der Waals surface area contributed by atoms with Gasteiger partial charge in [-0.3, -0.25) is 4.79 Å². The van der Waals surface area contributed by atoms with Gasteiger partial charge < -0.3 is 20.9 Å². The lowest BCUT2D eigenvalue weighted by Crippen LogP contribution is -2.44. The zero-order valence-corrected chi connectivity index (χ0v) is 16.2. The maximum absolute atomic E-state index is 14.3. The molecule has 0 radical (unpaired) electrons. The molecular formula is C21H25FN6O. The maximum atomic E-state index is 14.3. The van der Waals surface area contributed by atoms with Gasteiger partial charge in [-0.25, -0.2) is 9.37 Å². The molecule has 3 heterocycles. The van der Waals surface area contributed by atoms with Crippen LogP contribution in [0.2, 0.25) is 0 Å². The summed E-state index contributed by atoms with van der Waals surface area (Å²) in [5.74, 6) is -0.159. The van der Waals surface area contributed by atoms with Crippen LogP contribution in [0.1, 0.15) is 24.0 Å². The Morgan fingerprint density at radius 1 is 1.38 bits per heavy atom. The lowest BCUT2D eigenvalue weighted by molar-refractivity contribution is -0.127. The zero-order valence-electron chi connectivity index (χ0n) is 16.2. The SMILES string of the molecule is C=CC(=O)N1CCCC(Nc2nc(Nc3ccc4c(c3)CNCC4)ncc2F)C1. The van der Waals surface area contributed by atoms with Crippen LogP contribution in [-0.4, -0.2) is 46.5 Å². The van der Waals surface area contributed by atoms with Crippen LogP contribution in [0.25, 0.3) is 0 Å². The van der Waals surface area contributed by atoms with Crippen LogP contribution in [-0.2, 0) is 17.8 Å². The highest BCUT2D eigenvalue weighted by molar-refractivity contribution is 5.87. The molecule has 1 saturated heterocycles. The molecule has 7 nitrogen and oxygen atoms in total. The molecule has 152 valence electrons. The van der Waals surface area contributed by atoms with Crippen molar-refractivity contribution in [1.29, 1.82) is 0 Å². The van der Waals surface area contributed by atoms with Gasteiger partial charge in [0.1, 0.15) is 0 Å². The highest BCUT2D eigenvalue weighted by Crippen LogP contribution is 2.23. The summed E-state index contributed by atoms with van der Waals surface area (Å²) >= 11 is 0. The van der Waals surface area contributed by atoms with E-state index in [0.717, 1.165) is 44.2 Å². The predicted molar refractivity (Wildman–Crippen MR) is 111 cm³/mol. The standard InChI is InChI=1S/C21H25FN6O/c1-2-19(29)28-9-3-4-17(13-28)25-20-18(22)12-24-21(27-20)26-16-6-5-14-7-8-23-11-15(14)10-16/h2,5-6,10,12,17,23H,1,3-4,7-9,11,13H2,(H2,24,25,26,27). The van der Waals surface area contributed by atoms with Gasteiger partial charge in [0.15, 0.2) is 11.6 Å². The zero-order chi connectivity index (χ0) is 20.2. The molecule has 29 heavy (non-hydrogen) atoms. The molecule has 1 fully saturated rings. The van der Waals surface area contributed by atoms with E-state index in [1.54, 1.807) is 4.90 Å². The number of aromatic nitrogens is 2. The summed E-state index contributed by atoms with van der Waals surface area (Å²) < 4.78 is 14.3. The van der Waals surface area contributed by atoms with Crippen molar-refractivity contribution in [2.45, 2.75) is 31.8 Å². The van der Waals surface area contributed by atoms with Crippen molar-refractivity contribution >= 4 is 23.4 Å². The number of benzene rings is 1. The van der Waals surface area contributed by atoms with Crippen LogP contribution in [0, 0.1) is 5.82 Å². The quantitative estimate of drug-likeness (QED) is 0.674. The van der Waals surface area contributed by atoms with Crippen molar-refractivity contribution < 1.29 is 9.18 Å². The van der Waals surface area contributed by atoms with E-state index in [4.69, 9.17) is 0 Å². The smallest absolute Gasteiger partial charge is 0.246 e. The van der Waals surface area contributed by atoms with E-state index in [1.807, 2.05) is 6.07 Å². The monoisotopic (exact) mass is 396 g/mol. The highest BCUT2D eigenvalue weighted by Gasteiger charge is 2.23. The number of carbonyl (C=O) groups is 1. The first-order valence-corrected chi connectivity index (χ1v) is 9.92. The Kier molecular flexibility index (Phi) is 5.71. The second kappa shape index (κ2) is 8.57. The fraction of sp³-hybridized carbons (Fsp3) is 0.381. The first-order valence-electron chi connectivity index (χ1n) is 9.92. The van der Waals surface area contributed by atoms with Gasteiger partial charge in [0, 0.05) is 31.4 Å². The Morgan fingerprint density at radius 2 is 2.28 bits per heavy atom. The molecule has 1 aromatic carbocycles. The molecule has 0 spiro atoms. The first-order chi connectivity index (χ1) is 14.1. The van der Waals surface area contributed by atoms with E-state index in [1.165, 1.54) is 17.2 Å². The fourth-order valence-electron chi connectivity index (χ4n) is 3.83. The number of fused-ring (bicyclic) bond motifs is 1. The Balaban J connectivity index is 1.46. The molecule has 8 heteroatoms. The molecule has 0 bridgehead atoms. The maximum Gasteiger partial charge on any atom is 0.246 e. The minimum absolute atomic E-state index is 0.0697. The Hall–Kier alpha value is -3.00. The molecule has 2 aliphatic heterocycles. The van der Waals surface area contributed by atoms with E-state index in [2.05, 4.69) is 44.6 Å². The molecule has 3 N–H and O–H groups in total. The summed E-state index contributed by atoms with van der Waals surface area (Å²) in [7, 11) is 0. The first kappa shape index (κ1) is 19.3. The normalized spacial score (nSPS) is 18.7. The molecule has 0 aliphatic carbocycles. The van der Waals surface area contributed by atoms with Crippen molar-refractivity contribution in [2.75, 3.05) is 30.3 Å². The van der Waals surface area contributed by atoms with Gasteiger partial charge in [0.25, 0.3) is 0 Å². The number of likely N-dealkylation sites (tertiary alicyclic amines) is 1. The van der Waals surface area contributed by atoms with E-state index in [0.29, 0.717) is 19.0 Å². The molecule has 1 aromatic heterocycles. The summed E-state index contributed by atoms with van der Waals surface area (Å²) in [6.45, 7) is 6.55. The third-order valence-corrected chi connectivity index (χ3v) is 5.34. The summed E-state index contributed by atoms with van der Waals surface area (Å²) in [6.07, 6.45) is 5.17. The summed E-state index contributed by atoms with van der Waals surface area (Å²) in [5.41, 5.74) is 3.45. The third kappa shape index (κ3) is 4.54. The van der Waals surface area contributed by atoms with Gasteiger partial charge in [-0.15, -0.1) is 0 Å². The fourth-order valence-corrected chi connectivity index (χ4v) is 3.83. The molecule has 1 atom stereocenters. The average molecular weight is 396 g/mol. The van der Waals surface area contributed by atoms with Gasteiger partial charge in [0.05, 0.1) is 6.20 Å². The molecule has 2 aromatic rings. The van der Waals surface area contributed by atoms with E-state index >= 15 is 0 Å². The van der Waals surface area contributed by atoms with Gasteiger partial charge in [-0.1, -0.05) is 12.6 Å². The van der Waals surface area contributed by atoms with Crippen LogP contribution in [0.4, 0.5) is 21.8 Å². The number of halogens is 1. The highest BCUT2D eigenvalue weighted by atomic mass is 19.1. The Morgan fingerprint density at radius 3 is 3.14 bits per heavy atom. The lowest BCUT2D eigenvalue weighted by atomic mass is 10.0. The van der Waals surface area contributed by atoms with Crippen LogP contribution < -0.4 is 16.0 Å². The second-order valence-electron chi connectivity index (χ2n) is 7.40. The number of carbonyl (C=O) groups excluding carboxylic acids is 1. The number of hydrogen-bond acceptors (Lipinski definition) is 6. The third-order valence-electron chi connectivity index (χ3n) is 5.34. The largest absolute Gasteiger partial charge is 0.363 e.